The molecule has 0 aliphatic carbocycles. The van der Waals surface area contributed by atoms with Crippen molar-refractivity contribution in [1.29, 1.82) is 0 Å². The predicted octanol–water partition coefficient (Wildman–Crippen LogP) is 17.4. The van der Waals surface area contributed by atoms with Gasteiger partial charge in [0.15, 0.2) is 11.5 Å². The molecule has 0 N–H and O–H groups in total. The zero-order valence-corrected chi connectivity index (χ0v) is 69.0. The Hall–Kier alpha value is -6.07. The van der Waals surface area contributed by atoms with Crippen LogP contribution in [0.1, 0.15) is 304 Å². The van der Waals surface area contributed by atoms with Crippen LogP contribution in [0.5, 0.6) is 23.3 Å². The van der Waals surface area contributed by atoms with Gasteiger partial charge >= 0.3 is 0 Å². The van der Waals surface area contributed by atoms with Crippen LogP contribution in [-0.4, -0.2) is 135 Å². The highest BCUT2D eigenvalue weighted by Crippen LogP contribution is 2.41. The zero-order valence-electron chi connectivity index (χ0n) is 68.2. The summed E-state index contributed by atoms with van der Waals surface area (Å²) >= 11 is 1.81. The minimum Gasteiger partial charge on any atom is -0.490 e. The van der Waals surface area contributed by atoms with Crippen LogP contribution >= 0.6 is 11.3 Å². The van der Waals surface area contributed by atoms with Crippen LogP contribution in [0.25, 0.3) is 0 Å². The average Bonchev–Trinajstić information content (AvgIpc) is 1.63. The molecular formula is C82H140N14O7S. The normalized spacial score (nSPS) is 16.2. The summed E-state index contributed by atoms with van der Waals surface area (Å²) in [6.45, 7) is 67.7. The topological polar surface area (TPSA) is 188 Å². The van der Waals surface area contributed by atoms with E-state index >= 15 is 0 Å². The fraction of sp³-hybridized carbons (Fsp3) is 0.744. The first-order valence-corrected chi connectivity index (χ1v) is 38.7. The first-order chi connectivity index (χ1) is 47.5. The Kier molecular flexibility index (Phi) is 29.9. The van der Waals surface area contributed by atoms with E-state index in [-0.39, 0.29) is 52.8 Å². The molecule has 7 aliphatic heterocycles. The Labute approximate surface area is 631 Å². The SMILES string of the molecule is C.C.CC(C)(C)c1cnc2n1CCOC2.CC(C)(C)c1cnc2n1CCOC2.CC(C)(C)c1nc2c(s1)COCC2.CC(C)(C)c1ncn2c1OCCC2.CC(C)n1nc(C(C)(C)C)c2c1CCCO2.CC(C)n1nc(C(C)(C)C)c2c1CCCO2.CN(C)CCc1nc(C(C)(C)C)c2n1CCCO2. The van der Waals surface area contributed by atoms with Gasteiger partial charge in [-0.05, 0) is 80.3 Å². The Bertz CT molecular complexity index is 3540. The second-order valence-corrected chi connectivity index (χ2v) is 37.2. The van der Waals surface area contributed by atoms with E-state index in [0.717, 1.165) is 195 Å². The van der Waals surface area contributed by atoms with Gasteiger partial charge in [-0.25, -0.2) is 24.9 Å². The first kappa shape index (κ1) is 86.8. The molecule has 22 heteroatoms. The quantitative estimate of drug-likeness (QED) is 0.158. The molecule has 0 amide bonds. The lowest BCUT2D eigenvalue weighted by atomic mass is 9.91. The summed E-state index contributed by atoms with van der Waals surface area (Å²) in [5.74, 6) is 7.37. The second kappa shape index (κ2) is 35.8. The van der Waals surface area contributed by atoms with Crippen molar-refractivity contribution in [3.63, 3.8) is 0 Å². The molecule has 0 spiro atoms. The Morgan fingerprint density at radius 2 is 0.904 bits per heavy atom. The summed E-state index contributed by atoms with van der Waals surface area (Å²) in [6.07, 6.45) is 14.4. The standard InChI is InChI=1S/C14H25N3O.2C13H22N2O.3C10H16N2O.C10H15NOS.2CH4/c1-14(2,3)12-13-17(8-6-10-18-13)11(15-12)7-9-16(4)5;2*1-9(2)15-10-7-6-8-16-11(10)12(14-15)13(3,4)5;2*1-10(2,3)8-6-11-9-7-13-5-4-12(8)9;1-10(2,3)8-9-12(7-11-8)5-4-6-13-9;1-10(2,3)9-11-7-4-5-12-6-8(7)13-9;;/h6-10H2,1-5H3;2*9H,6-8H2,1-5H3;2*6H,4-5,7H2,1-3H3;7H,4-6H2,1-3H3;4-6H2,1-3H3;2*1H4. The van der Waals surface area contributed by atoms with Crippen molar-refractivity contribution >= 4 is 11.3 Å². The van der Waals surface area contributed by atoms with Crippen LogP contribution in [-0.2, 0) is 124 Å². The monoisotopic (exact) mass is 1470 g/mol. The van der Waals surface area contributed by atoms with E-state index < -0.39 is 0 Å². The summed E-state index contributed by atoms with van der Waals surface area (Å²) in [6, 6.07) is 0.818. The molecule has 0 atom stereocenters. The largest absolute Gasteiger partial charge is 0.490 e. The molecule has 7 aromatic heterocycles. The minimum absolute atomic E-state index is 0. The van der Waals surface area contributed by atoms with E-state index in [1.807, 2.05) is 18.7 Å². The molecule has 0 unspecified atom stereocenters. The molecule has 0 fully saturated rings. The third kappa shape index (κ3) is 22.3. The van der Waals surface area contributed by atoms with Gasteiger partial charge in [-0.15, -0.1) is 11.3 Å². The molecule has 0 aromatic carbocycles. The second-order valence-electron chi connectivity index (χ2n) is 36.1. The van der Waals surface area contributed by atoms with E-state index in [1.54, 1.807) is 11.3 Å². The van der Waals surface area contributed by atoms with Crippen molar-refractivity contribution in [3.05, 3.63) is 97.3 Å². The number of nitrogens with zero attached hydrogens (tertiary/aromatic N) is 14. The van der Waals surface area contributed by atoms with Gasteiger partial charge in [-0.1, -0.05) is 160 Å². The number of thiazole rings is 1. The molecule has 0 saturated carbocycles. The van der Waals surface area contributed by atoms with Gasteiger partial charge in [-0.3, -0.25) is 13.9 Å². The van der Waals surface area contributed by atoms with E-state index in [1.165, 1.54) is 44.2 Å². The average molecular weight is 1470 g/mol. The summed E-state index contributed by atoms with van der Waals surface area (Å²) in [7, 11) is 4.20. The van der Waals surface area contributed by atoms with Gasteiger partial charge in [0.25, 0.3) is 0 Å². The third-order valence-corrected chi connectivity index (χ3v) is 19.9. The number of likely N-dealkylation sites (N-methyl/N-ethyl adjacent to an activating group) is 1. The molecule has 14 heterocycles. The minimum atomic E-state index is 0. The van der Waals surface area contributed by atoms with Crippen molar-refractivity contribution < 1.29 is 33.2 Å². The number of hydrogen-bond acceptors (Lipinski definition) is 16. The van der Waals surface area contributed by atoms with Crippen LogP contribution in [0, 0.1) is 0 Å². The molecule has 586 valence electrons. The fourth-order valence-corrected chi connectivity index (χ4v) is 14.0. The van der Waals surface area contributed by atoms with Gasteiger partial charge in [0.05, 0.1) is 86.1 Å². The van der Waals surface area contributed by atoms with Gasteiger partial charge in [-0.2, -0.15) is 10.2 Å². The Balaban J connectivity index is 0.000000190. The van der Waals surface area contributed by atoms with E-state index in [0.29, 0.717) is 25.3 Å². The van der Waals surface area contributed by atoms with Crippen molar-refractivity contribution in [2.24, 2.45) is 0 Å². The molecular weight excluding hydrogens is 1330 g/mol. The smallest absolute Gasteiger partial charge is 0.217 e. The Morgan fingerprint density at radius 1 is 0.452 bits per heavy atom. The number of hydrogen-bond donors (Lipinski definition) is 0. The van der Waals surface area contributed by atoms with Crippen molar-refractivity contribution in [2.45, 2.75) is 335 Å². The molecule has 14 rings (SSSR count). The Morgan fingerprint density at radius 3 is 1.34 bits per heavy atom. The number of imidazole rings is 4. The van der Waals surface area contributed by atoms with E-state index in [9.17, 15) is 0 Å². The summed E-state index contributed by atoms with van der Waals surface area (Å²) in [5.41, 5.74) is 11.6. The lowest BCUT2D eigenvalue weighted by Crippen LogP contribution is -2.24. The lowest BCUT2D eigenvalue weighted by Gasteiger charge is -2.24. The summed E-state index contributed by atoms with van der Waals surface area (Å²) in [4.78, 5) is 26.2. The van der Waals surface area contributed by atoms with Crippen LogP contribution in [0.3, 0.4) is 0 Å². The lowest BCUT2D eigenvalue weighted by molar-refractivity contribution is 0.0796. The first-order valence-electron chi connectivity index (χ1n) is 37.9. The van der Waals surface area contributed by atoms with Gasteiger partial charge in [0.1, 0.15) is 53.5 Å². The molecule has 0 saturated heterocycles. The number of fused-ring (bicyclic) bond motifs is 7. The van der Waals surface area contributed by atoms with Gasteiger partial charge in [0.2, 0.25) is 11.8 Å². The van der Waals surface area contributed by atoms with Crippen LogP contribution in [0.2, 0.25) is 0 Å². The number of ether oxygens (including phenoxy) is 7. The molecule has 0 bridgehead atoms. The maximum absolute atomic E-state index is 5.86. The zero-order chi connectivity index (χ0) is 75.1. The fourth-order valence-electron chi connectivity index (χ4n) is 12.9. The number of aromatic nitrogens is 13. The van der Waals surface area contributed by atoms with E-state index in [2.05, 4.69) is 240 Å². The van der Waals surface area contributed by atoms with Crippen molar-refractivity contribution in [3.8, 4) is 23.3 Å². The van der Waals surface area contributed by atoms with Gasteiger partial charge in [0, 0.05) is 119 Å². The van der Waals surface area contributed by atoms with Crippen LogP contribution in [0.15, 0.2) is 18.7 Å². The highest BCUT2D eigenvalue weighted by molar-refractivity contribution is 7.11. The predicted molar refractivity (Wildman–Crippen MR) is 423 cm³/mol. The van der Waals surface area contributed by atoms with Crippen LogP contribution in [0.4, 0.5) is 0 Å². The maximum Gasteiger partial charge on any atom is 0.217 e. The van der Waals surface area contributed by atoms with Crippen LogP contribution < -0.4 is 18.9 Å². The maximum atomic E-state index is 5.86. The van der Waals surface area contributed by atoms with Crippen molar-refractivity contribution in [2.75, 3.05) is 66.9 Å². The highest BCUT2D eigenvalue weighted by atomic mass is 32.1. The molecule has 7 aromatic rings. The highest BCUT2D eigenvalue weighted by Gasteiger charge is 2.34. The molecule has 7 aliphatic rings. The summed E-state index contributed by atoms with van der Waals surface area (Å²) < 4.78 is 52.4. The summed E-state index contributed by atoms with van der Waals surface area (Å²) in [5, 5.41) is 10.7. The molecule has 0 radical (unpaired) electrons. The number of rotatable bonds is 5. The van der Waals surface area contributed by atoms with Crippen molar-refractivity contribution in [1.82, 2.24) is 67.6 Å². The van der Waals surface area contributed by atoms with E-state index in [4.69, 9.17) is 48.3 Å². The van der Waals surface area contributed by atoms with Gasteiger partial charge < -0.3 is 51.8 Å². The molecule has 104 heavy (non-hydrogen) atoms. The molecule has 21 nitrogen and oxygen atoms in total. The number of aryl methyl sites for hydroxylation is 1. The third-order valence-electron chi connectivity index (χ3n) is 18.4.